The second-order valence-electron chi connectivity index (χ2n) is 4.34. The topological polar surface area (TPSA) is 50.7 Å². The molecule has 18 heavy (non-hydrogen) atoms. The predicted octanol–water partition coefficient (Wildman–Crippen LogP) is 2.03. The third-order valence-corrected chi connectivity index (χ3v) is 3.77. The smallest absolute Gasteiger partial charge is 0.166 e. The van der Waals surface area contributed by atoms with E-state index in [1.54, 1.807) is 6.07 Å². The second-order valence-corrected chi connectivity index (χ2v) is 5.40. The van der Waals surface area contributed by atoms with Gasteiger partial charge in [0.15, 0.2) is 5.01 Å². The summed E-state index contributed by atoms with van der Waals surface area (Å²) in [7, 11) is 0. The number of hydrogen-bond donors (Lipinski definition) is 1. The lowest BCUT2D eigenvalue weighted by atomic mass is 10.4. The van der Waals surface area contributed by atoms with E-state index in [1.165, 1.54) is 36.4 Å². The molecule has 1 aliphatic carbocycles. The lowest BCUT2D eigenvalue weighted by molar-refractivity contribution is 0.622. The number of halogens is 1. The molecule has 0 amide bonds. The second kappa shape index (κ2) is 5.07. The van der Waals surface area contributed by atoms with E-state index in [0.717, 1.165) is 29.0 Å². The molecule has 0 atom stereocenters. The molecule has 1 N–H and O–H groups in total. The van der Waals surface area contributed by atoms with E-state index >= 15 is 0 Å². The molecular weight excluding hydrogens is 251 g/mol. The molecule has 0 bridgehead atoms. The monoisotopic (exact) mass is 264 g/mol. The Balaban J connectivity index is 1.62. The van der Waals surface area contributed by atoms with Crippen LogP contribution in [-0.2, 0) is 6.42 Å². The van der Waals surface area contributed by atoms with Crippen molar-refractivity contribution < 1.29 is 4.39 Å². The van der Waals surface area contributed by atoms with Gasteiger partial charge < -0.3 is 5.32 Å². The van der Waals surface area contributed by atoms with E-state index in [9.17, 15) is 4.39 Å². The summed E-state index contributed by atoms with van der Waals surface area (Å²) in [5.41, 5.74) is 0.676. The summed E-state index contributed by atoms with van der Waals surface area (Å²) in [6.07, 6.45) is 4.67. The average molecular weight is 264 g/mol. The molecule has 2 heterocycles. The van der Waals surface area contributed by atoms with E-state index in [1.807, 2.05) is 0 Å². The van der Waals surface area contributed by atoms with E-state index in [-0.39, 0.29) is 5.82 Å². The minimum Gasteiger partial charge on any atom is -0.314 e. The van der Waals surface area contributed by atoms with Crippen molar-refractivity contribution in [2.24, 2.45) is 0 Å². The molecule has 94 valence electrons. The number of pyridine rings is 1. The van der Waals surface area contributed by atoms with E-state index in [2.05, 4.69) is 20.5 Å². The SMILES string of the molecule is Fc1ccc(-c2nnc(CCNC3CC3)s2)nc1. The minimum atomic E-state index is -0.336. The maximum absolute atomic E-state index is 12.8. The Bertz CT molecular complexity index is 521. The minimum absolute atomic E-state index is 0.336. The van der Waals surface area contributed by atoms with Crippen molar-refractivity contribution in [1.82, 2.24) is 20.5 Å². The fourth-order valence-corrected chi connectivity index (χ4v) is 2.45. The highest BCUT2D eigenvalue weighted by atomic mass is 32.1. The first kappa shape index (κ1) is 11.7. The molecule has 0 spiro atoms. The van der Waals surface area contributed by atoms with Crippen LogP contribution >= 0.6 is 11.3 Å². The van der Waals surface area contributed by atoms with Gasteiger partial charge in [0.1, 0.15) is 16.5 Å². The van der Waals surface area contributed by atoms with Crippen LogP contribution in [0, 0.1) is 5.82 Å². The molecule has 0 aliphatic heterocycles. The zero-order valence-corrected chi connectivity index (χ0v) is 10.6. The van der Waals surface area contributed by atoms with Gasteiger partial charge in [-0.15, -0.1) is 10.2 Å². The maximum atomic E-state index is 12.8. The van der Waals surface area contributed by atoms with Crippen molar-refractivity contribution in [2.45, 2.75) is 25.3 Å². The third kappa shape index (κ3) is 2.88. The summed E-state index contributed by atoms with van der Waals surface area (Å²) in [5, 5.41) is 13.4. The molecule has 0 aromatic carbocycles. The van der Waals surface area contributed by atoms with Crippen LogP contribution in [0.4, 0.5) is 4.39 Å². The first-order valence-electron chi connectivity index (χ1n) is 5.99. The highest BCUT2D eigenvalue weighted by Crippen LogP contribution is 2.22. The number of aromatic nitrogens is 3. The Hall–Kier alpha value is -1.40. The lowest BCUT2D eigenvalue weighted by Crippen LogP contribution is -2.19. The van der Waals surface area contributed by atoms with Gasteiger partial charge >= 0.3 is 0 Å². The Morgan fingerprint density at radius 1 is 1.33 bits per heavy atom. The van der Waals surface area contributed by atoms with Gasteiger partial charge in [0.05, 0.1) is 6.20 Å². The summed E-state index contributed by atoms with van der Waals surface area (Å²) in [6.45, 7) is 0.941. The molecule has 0 radical (unpaired) electrons. The number of nitrogens with zero attached hydrogens (tertiary/aromatic N) is 3. The van der Waals surface area contributed by atoms with Gasteiger partial charge in [-0.2, -0.15) is 0 Å². The van der Waals surface area contributed by atoms with Gasteiger partial charge in [0.2, 0.25) is 0 Å². The van der Waals surface area contributed by atoms with E-state index in [0.29, 0.717) is 5.69 Å². The van der Waals surface area contributed by atoms with Crippen molar-refractivity contribution in [3.63, 3.8) is 0 Å². The molecule has 0 unspecified atom stereocenters. The van der Waals surface area contributed by atoms with Crippen LogP contribution in [0.2, 0.25) is 0 Å². The quantitative estimate of drug-likeness (QED) is 0.897. The third-order valence-electron chi connectivity index (χ3n) is 2.76. The van der Waals surface area contributed by atoms with Gasteiger partial charge in [-0.1, -0.05) is 11.3 Å². The molecule has 1 fully saturated rings. The van der Waals surface area contributed by atoms with Gasteiger partial charge in [-0.05, 0) is 25.0 Å². The fraction of sp³-hybridized carbons (Fsp3) is 0.417. The zero-order valence-electron chi connectivity index (χ0n) is 9.77. The average Bonchev–Trinajstić information content (AvgIpc) is 3.08. The molecular formula is C12H13FN4S. The predicted molar refractivity (Wildman–Crippen MR) is 67.8 cm³/mol. The van der Waals surface area contributed by atoms with Crippen molar-refractivity contribution in [3.05, 3.63) is 29.2 Å². The molecule has 4 nitrogen and oxygen atoms in total. The Morgan fingerprint density at radius 2 is 2.22 bits per heavy atom. The van der Waals surface area contributed by atoms with Crippen molar-refractivity contribution in [3.8, 4) is 10.7 Å². The summed E-state index contributed by atoms with van der Waals surface area (Å²) in [6, 6.07) is 3.73. The largest absolute Gasteiger partial charge is 0.314 e. The lowest BCUT2D eigenvalue weighted by Gasteiger charge is -1.97. The fourth-order valence-electron chi connectivity index (χ4n) is 1.63. The summed E-state index contributed by atoms with van der Waals surface area (Å²) >= 11 is 1.52. The summed E-state index contributed by atoms with van der Waals surface area (Å²) in [4.78, 5) is 4.00. The first-order valence-corrected chi connectivity index (χ1v) is 6.80. The molecule has 6 heteroatoms. The summed E-state index contributed by atoms with van der Waals surface area (Å²) < 4.78 is 12.8. The maximum Gasteiger partial charge on any atom is 0.166 e. The molecule has 2 aromatic rings. The number of nitrogens with one attached hydrogen (secondary N) is 1. The van der Waals surface area contributed by atoms with E-state index < -0.39 is 0 Å². The molecule has 2 aromatic heterocycles. The molecule has 1 saturated carbocycles. The first-order chi connectivity index (χ1) is 8.81. The molecule has 3 rings (SSSR count). The van der Waals surface area contributed by atoms with Gasteiger partial charge in [0, 0.05) is 19.0 Å². The van der Waals surface area contributed by atoms with Crippen LogP contribution in [0.3, 0.4) is 0 Å². The highest BCUT2D eigenvalue weighted by Gasteiger charge is 2.19. The van der Waals surface area contributed by atoms with E-state index in [4.69, 9.17) is 0 Å². The Morgan fingerprint density at radius 3 is 2.94 bits per heavy atom. The zero-order chi connectivity index (χ0) is 12.4. The van der Waals surface area contributed by atoms with Crippen LogP contribution in [-0.4, -0.2) is 27.8 Å². The van der Waals surface area contributed by atoms with Crippen LogP contribution in [0.25, 0.3) is 10.7 Å². The molecule has 0 saturated heterocycles. The highest BCUT2D eigenvalue weighted by molar-refractivity contribution is 7.14. The van der Waals surface area contributed by atoms with Gasteiger partial charge in [0.25, 0.3) is 0 Å². The standard InChI is InChI=1S/C12H13FN4S/c13-8-1-4-10(15-7-8)12-17-16-11(18-12)5-6-14-9-2-3-9/h1,4,7,9,14H,2-3,5-6H2. The Labute approximate surface area is 108 Å². The van der Waals surface area contributed by atoms with Gasteiger partial charge in [-0.3, -0.25) is 4.98 Å². The van der Waals surface area contributed by atoms with Crippen molar-refractivity contribution >= 4 is 11.3 Å². The summed E-state index contributed by atoms with van der Waals surface area (Å²) in [5.74, 6) is -0.336. The van der Waals surface area contributed by atoms with Crippen molar-refractivity contribution in [1.29, 1.82) is 0 Å². The molecule has 1 aliphatic rings. The normalized spacial score (nSPS) is 14.9. The van der Waals surface area contributed by atoms with Crippen LogP contribution in [0.1, 0.15) is 17.8 Å². The van der Waals surface area contributed by atoms with Crippen LogP contribution in [0.15, 0.2) is 18.3 Å². The van der Waals surface area contributed by atoms with Gasteiger partial charge in [-0.25, -0.2) is 4.39 Å². The number of rotatable bonds is 5. The van der Waals surface area contributed by atoms with Crippen LogP contribution < -0.4 is 5.32 Å². The Kier molecular flexibility index (Phi) is 3.29. The number of hydrogen-bond acceptors (Lipinski definition) is 5. The van der Waals surface area contributed by atoms with Crippen LogP contribution in [0.5, 0.6) is 0 Å². The van der Waals surface area contributed by atoms with Crippen molar-refractivity contribution in [2.75, 3.05) is 6.54 Å².